The molecule has 0 saturated carbocycles. The van der Waals surface area contributed by atoms with Crippen LogP contribution in [-0.4, -0.2) is 24.5 Å². The van der Waals surface area contributed by atoms with Gasteiger partial charge in [-0.2, -0.15) is 10.2 Å². The molecule has 0 radical (unpaired) electrons. The summed E-state index contributed by atoms with van der Waals surface area (Å²) < 4.78 is 4.42. The van der Waals surface area contributed by atoms with Crippen molar-refractivity contribution in [3.63, 3.8) is 0 Å². The van der Waals surface area contributed by atoms with E-state index in [-0.39, 0.29) is 0 Å². The third-order valence-electron chi connectivity index (χ3n) is 1.95. The zero-order chi connectivity index (χ0) is 9.97. The Kier molecular flexibility index (Phi) is 2.45. The summed E-state index contributed by atoms with van der Waals surface area (Å²) >= 11 is 5.02. The molecule has 0 fully saturated rings. The fourth-order valence-corrected chi connectivity index (χ4v) is 1.42. The van der Waals surface area contributed by atoms with Crippen LogP contribution >= 0.6 is 12.2 Å². The largest absolute Gasteiger partial charge is 0.305 e. The van der Waals surface area contributed by atoms with Gasteiger partial charge in [-0.1, -0.05) is 0 Å². The van der Waals surface area contributed by atoms with Crippen LogP contribution in [-0.2, 0) is 13.1 Å². The third-order valence-corrected chi connectivity index (χ3v) is 2.28. The first-order chi connectivity index (χ1) is 6.75. The minimum absolute atomic E-state index is 0.647. The Morgan fingerprint density at radius 1 is 1.50 bits per heavy atom. The number of rotatable bonds is 3. The predicted octanol–water partition coefficient (Wildman–Crippen LogP) is 1.15. The summed E-state index contributed by atoms with van der Waals surface area (Å²) in [5, 5.41) is 10.7. The molecule has 5 nitrogen and oxygen atoms in total. The lowest BCUT2D eigenvalue weighted by molar-refractivity contribution is 0.529. The van der Waals surface area contributed by atoms with Gasteiger partial charge in [0.05, 0.1) is 12.7 Å². The number of aryl methyl sites for hydroxylation is 3. The Labute approximate surface area is 86.4 Å². The number of nitrogens with one attached hydrogen (secondary N) is 1. The zero-order valence-electron chi connectivity index (χ0n) is 7.84. The SMILES string of the molecule is Cc1cnn(CCn2cn[nH]c2=S)c1. The molecule has 14 heavy (non-hydrogen) atoms. The van der Waals surface area contributed by atoms with Gasteiger partial charge >= 0.3 is 0 Å². The summed E-state index contributed by atoms with van der Waals surface area (Å²) in [7, 11) is 0. The number of H-pyrrole nitrogens is 1. The van der Waals surface area contributed by atoms with Gasteiger partial charge in [-0.15, -0.1) is 0 Å². The van der Waals surface area contributed by atoms with E-state index in [2.05, 4.69) is 15.3 Å². The Morgan fingerprint density at radius 2 is 2.36 bits per heavy atom. The standard InChI is InChI=1S/C8H11N5S/c1-7-4-10-13(5-7)3-2-12-6-9-11-8(12)14/h4-6H,2-3H2,1H3,(H,11,14). The van der Waals surface area contributed by atoms with Crippen LogP contribution in [0.3, 0.4) is 0 Å². The molecule has 0 amide bonds. The number of aromatic amines is 1. The number of aromatic nitrogens is 5. The quantitative estimate of drug-likeness (QED) is 0.771. The smallest absolute Gasteiger partial charge is 0.195 e. The first kappa shape index (κ1) is 9.14. The van der Waals surface area contributed by atoms with Gasteiger partial charge in [-0.05, 0) is 24.7 Å². The maximum Gasteiger partial charge on any atom is 0.195 e. The highest BCUT2D eigenvalue weighted by molar-refractivity contribution is 7.71. The Bertz CT molecular complexity index is 466. The molecular formula is C8H11N5S. The number of nitrogens with zero attached hydrogens (tertiary/aromatic N) is 4. The lowest BCUT2D eigenvalue weighted by Crippen LogP contribution is -2.06. The third kappa shape index (κ3) is 1.90. The van der Waals surface area contributed by atoms with E-state index in [1.165, 1.54) is 5.56 Å². The molecule has 0 spiro atoms. The van der Waals surface area contributed by atoms with E-state index in [1.807, 2.05) is 28.6 Å². The second-order valence-corrected chi connectivity index (χ2v) is 3.52. The monoisotopic (exact) mass is 209 g/mol. The van der Waals surface area contributed by atoms with Gasteiger partial charge in [0.15, 0.2) is 4.77 Å². The fourth-order valence-electron chi connectivity index (χ4n) is 1.23. The zero-order valence-corrected chi connectivity index (χ0v) is 8.66. The summed E-state index contributed by atoms with van der Waals surface area (Å²) in [6, 6.07) is 0. The lowest BCUT2D eigenvalue weighted by Gasteiger charge is -2.01. The molecule has 74 valence electrons. The molecule has 6 heteroatoms. The van der Waals surface area contributed by atoms with Gasteiger partial charge in [0, 0.05) is 12.7 Å². The Hall–Kier alpha value is -1.43. The van der Waals surface area contributed by atoms with Crippen molar-refractivity contribution in [3.05, 3.63) is 29.1 Å². The van der Waals surface area contributed by atoms with Gasteiger partial charge in [0.1, 0.15) is 6.33 Å². The van der Waals surface area contributed by atoms with Crippen molar-refractivity contribution < 1.29 is 0 Å². The molecule has 0 aliphatic heterocycles. The van der Waals surface area contributed by atoms with E-state index in [1.54, 1.807) is 6.33 Å². The van der Waals surface area contributed by atoms with Gasteiger partial charge in [0.25, 0.3) is 0 Å². The van der Waals surface area contributed by atoms with Crippen molar-refractivity contribution in [2.24, 2.45) is 0 Å². The topological polar surface area (TPSA) is 51.4 Å². The van der Waals surface area contributed by atoms with Crippen molar-refractivity contribution in [1.29, 1.82) is 0 Å². The maximum absolute atomic E-state index is 5.02. The van der Waals surface area contributed by atoms with Crippen LogP contribution in [0.4, 0.5) is 0 Å². The van der Waals surface area contributed by atoms with Gasteiger partial charge in [-0.25, -0.2) is 0 Å². The highest BCUT2D eigenvalue weighted by Gasteiger charge is 1.96. The van der Waals surface area contributed by atoms with Crippen LogP contribution in [0.1, 0.15) is 5.56 Å². The van der Waals surface area contributed by atoms with E-state index in [0.29, 0.717) is 4.77 Å². The van der Waals surface area contributed by atoms with Crippen LogP contribution in [0.15, 0.2) is 18.7 Å². The van der Waals surface area contributed by atoms with E-state index in [4.69, 9.17) is 12.2 Å². The predicted molar refractivity (Wildman–Crippen MR) is 54.4 cm³/mol. The van der Waals surface area contributed by atoms with Crippen molar-refractivity contribution >= 4 is 12.2 Å². The molecular weight excluding hydrogens is 198 g/mol. The van der Waals surface area contributed by atoms with Crippen LogP contribution in [0.2, 0.25) is 0 Å². The van der Waals surface area contributed by atoms with Crippen LogP contribution in [0.25, 0.3) is 0 Å². The maximum atomic E-state index is 5.02. The van der Waals surface area contributed by atoms with Crippen molar-refractivity contribution in [2.75, 3.05) is 0 Å². The molecule has 0 bridgehead atoms. The average molecular weight is 209 g/mol. The second kappa shape index (κ2) is 3.75. The van der Waals surface area contributed by atoms with Crippen molar-refractivity contribution in [3.8, 4) is 0 Å². The molecule has 0 aliphatic carbocycles. The van der Waals surface area contributed by atoms with Crippen molar-refractivity contribution in [2.45, 2.75) is 20.0 Å². The summed E-state index contributed by atoms with van der Waals surface area (Å²) in [5.74, 6) is 0. The summed E-state index contributed by atoms with van der Waals surface area (Å²) in [5.41, 5.74) is 1.17. The van der Waals surface area contributed by atoms with Crippen molar-refractivity contribution in [1.82, 2.24) is 24.5 Å². The summed E-state index contributed by atoms with van der Waals surface area (Å²) in [4.78, 5) is 0. The molecule has 2 aromatic rings. The number of hydrogen-bond donors (Lipinski definition) is 1. The van der Waals surface area contributed by atoms with Gasteiger partial charge in [0.2, 0.25) is 0 Å². The lowest BCUT2D eigenvalue weighted by atomic mass is 10.4. The average Bonchev–Trinajstić information content (AvgIpc) is 2.72. The van der Waals surface area contributed by atoms with E-state index in [9.17, 15) is 0 Å². The highest BCUT2D eigenvalue weighted by Crippen LogP contribution is 1.95. The minimum atomic E-state index is 0.647. The summed E-state index contributed by atoms with van der Waals surface area (Å²) in [6.07, 6.45) is 5.54. The molecule has 0 unspecified atom stereocenters. The molecule has 0 aromatic carbocycles. The second-order valence-electron chi connectivity index (χ2n) is 3.14. The molecule has 2 rings (SSSR count). The highest BCUT2D eigenvalue weighted by atomic mass is 32.1. The normalized spacial score (nSPS) is 10.6. The van der Waals surface area contributed by atoms with Gasteiger partial charge in [-0.3, -0.25) is 9.78 Å². The van der Waals surface area contributed by atoms with E-state index < -0.39 is 0 Å². The molecule has 0 aliphatic rings. The minimum Gasteiger partial charge on any atom is -0.305 e. The Balaban J connectivity index is 2.01. The molecule has 2 aromatic heterocycles. The fraction of sp³-hybridized carbons (Fsp3) is 0.375. The van der Waals surface area contributed by atoms with Gasteiger partial charge < -0.3 is 4.57 Å². The number of hydrogen-bond acceptors (Lipinski definition) is 3. The van der Waals surface area contributed by atoms with Crippen LogP contribution in [0.5, 0.6) is 0 Å². The molecule has 2 heterocycles. The molecule has 0 saturated heterocycles. The molecule has 1 N–H and O–H groups in total. The van der Waals surface area contributed by atoms with Crippen LogP contribution < -0.4 is 0 Å². The summed E-state index contributed by atoms with van der Waals surface area (Å²) in [6.45, 7) is 3.62. The first-order valence-electron chi connectivity index (χ1n) is 4.34. The van der Waals surface area contributed by atoms with Crippen LogP contribution in [0, 0.1) is 11.7 Å². The first-order valence-corrected chi connectivity index (χ1v) is 4.75. The van der Waals surface area contributed by atoms with E-state index in [0.717, 1.165) is 13.1 Å². The Morgan fingerprint density at radius 3 is 2.93 bits per heavy atom. The van der Waals surface area contributed by atoms with E-state index >= 15 is 0 Å². The molecule has 0 atom stereocenters.